The Morgan fingerprint density at radius 1 is 1.24 bits per heavy atom. The minimum Gasteiger partial charge on any atom is -0.398 e. The first-order chi connectivity index (χ1) is 8.20. The lowest BCUT2D eigenvalue weighted by Gasteiger charge is -2.08. The van der Waals surface area contributed by atoms with Crippen molar-refractivity contribution in [3.05, 3.63) is 40.9 Å². The first kappa shape index (κ1) is 9.98. The van der Waals surface area contributed by atoms with Crippen molar-refractivity contribution < 1.29 is 9.59 Å². The lowest BCUT2D eigenvalue weighted by molar-refractivity contribution is 0.0926. The number of benzene rings is 1. The maximum Gasteiger partial charge on any atom is 0.270 e. The van der Waals surface area contributed by atoms with Crippen LogP contribution < -0.4 is 10.6 Å². The highest BCUT2D eigenvalue weighted by Gasteiger charge is 2.39. The van der Waals surface area contributed by atoms with Crippen molar-refractivity contribution >= 4 is 34.0 Å². The van der Waals surface area contributed by atoms with E-state index in [4.69, 9.17) is 5.73 Å². The normalized spacial score (nSPS) is 14.2. The van der Waals surface area contributed by atoms with E-state index in [1.54, 1.807) is 29.8 Å². The number of nitrogens with zero attached hydrogens (tertiary/aromatic N) is 2. The number of hydrogen-bond donors (Lipinski definition) is 1. The zero-order valence-corrected chi connectivity index (χ0v) is 9.40. The summed E-state index contributed by atoms with van der Waals surface area (Å²) < 4.78 is 0. The Bertz CT molecular complexity index is 622. The van der Waals surface area contributed by atoms with Gasteiger partial charge in [0.15, 0.2) is 5.13 Å². The molecular weight excluding hydrogens is 238 g/mol. The van der Waals surface area contributed by atoms with Gasteiger partial charge in [-0.1, -0.05) is 6.07 Å². The summed E-state index contributed by atoms with van der Waals surface area (Å²) in [6, 6.07) is 4.86. The SMILES string of the molecule is Nc1cccc2c1C(=O)N(c1nccs1)C2=O. The second kappa shape index (κ2) is 3.39. The van der Waals surface area contributed by atoms with Crippen molar-refractivity contribution in [3.8, 4) is 0 Å². The minimum atomic E-state index is -0.405. The molecule has 2 N–H and O–H groups in total. The molecule has 1 aliphatic rings. The molecule has 2 amide bonds. The summed E-state index contributed by atoms with van der Waals surface area (Å²) in [5, 5.41) is 2.08. The van der Waals surface area contributed by atoms with E-state index in [-0.39, 0.29) is 11.5 Å². The largest absolute Gasteiger partial charge is 0.398 e. The third kappa shape index (κ3) is 1.27. The molecule has 0 fully saturated rings. The fraction of sp³-hybridized carbons (Fsp3) is 0. The van der Waals surface area contributed by atoms with Crippen LogP contribution in [-0.4, -0.2) is 16.8 Å². The van der Waals surface area contributed by atoms with Crippen molar-refractivity contribution in [3.63, 3.8) is 0 Å². The number of rotatable bonds is 1. The number of fused-ring (bicyclic) bond motifs is 1. The van der Waals surface area contributed by atoms with Gasteiger partial charge in [-0.2, -0.15) is 0 Å². The van der Waals surface area contributed by atoms with E-state index < -0.39 is 5.91 Å². The maximum absolute atomic E-state index is 12.1. The smallest absolute Gasteiger partial charge is 0.270 e. The van der Waals surface area contributed by atoms with Crippen molar-refractivity contribution in [2.24, 2.45) is 0 Å². The molecule has 0 saturated carbocycles. The Morgan fingerprint density at radius 3 is 2.71 bits per heavy atom. The van der Waals surface area contributed by atoms with Gasteiger partial charge >= 0.3 is 0 Å². The van der Waals surface area contributed by atoms with Crippen molar-refractivity contribution in [2.45, 2.75) is 0 Å². The fourth-order valence-electron chi connectivity index (χ4n) is 1.81. The quantitative estimate of drug-likeness (QED) is 0.610. The van der Waals surface area contributed by atoms with Crippen molar-refractivity contribution in [1.82, 2.24) is 4.98 Å². The van der Waals surface area contributed by atoms with Crippen LogP contribution in [0.15, 0.2) is 29.8 Å². The molecule has 0 saturated heterocycles. The lowest BCUT2D eigenvalue weighted by Crippen LogP contribution is -2.29. The Balaban J connectivity index is 2.19. The molecule has 0 atom stereocenters. The molecule has 6 heteroatoms. The molecule has 0 spiro atoms. The van der Waals surface area contributed by atoms with Gasteiger partial charge in [-0.15, -0.1) is 11.3 Å². The van der Waals surface area contributed by atoms with Gasteiger partial charge in [0, 0.05) is 17.3 Å². The number of carbonyl (C=O) groups excluding carboxylic acids is 2. The number of thiazole rings is 1. The van der Waals surface area contributed by atoms with E-state index in [0.717, 1.165) is 4.90 Å². The van der Waals surface area contributed by atoms with Gasteiger partial charge in [-0.3, -0.25) is 9.59 Å². The first-order valence-electron chi connectivity index (χ1n) is 4.87. The fourth-order valence-corrected chi connectivity index (χ4v) is 2.45. The number of imide groups is 1. The molecule has 0 aliphatic carbocycles. The molecule has 1 aliphatic heterocycles. The molecule has 0 bridgehead atoms. The number of nitrogens with two attached hydrogens (primary N) is 1. The van der Waals surface area contributed by atoms with Crippen LogP contribution in [0.2, 0.25) is 0 Å². The van der Waals surface area contributed by atoms with Crippen LogP contribution in [0.4, 0.5) is 10.8 Å². The van der Waals surface area contributed by atoms with E-state index >= 15 is 0 Å². The maximum atomic E-state index is 12.1. The predicted octanol–water partition coefficient (Wildman–Crippen LogP) is 1.53. The van der Waals surface area contributed by atoms with Gasteiger partial charge in [0.05, 0.1) is 11.1 Å². The van der Waals surface area contributed by atoms with E-state index in [1.165, 1.54) is 11.3 Å². The topological polar surface area (TPSA) is 76.3 Å². The summed E-state index contributed by atoms with van der Waals surface area (Å²) in [4.78, 5) is 29.2. The van der Waals surface area contributed by atoms with Crippen LogP contribution in [0.5, 0.6) is 0 Å². The molecule has 17 heavy (non-hydrogen) atoms. The van der Waals surface area contributed by atoms with Crippen LogP contribution in [-0.2, 0) is 0 Å². The second-order valence-electron chi connectivity index (χ2n) is 3.53. The highest BCUT2D eigenvalue weighted by molar-refractivity contribution is 7.14. The van der Waals surface area contributed by atoms with Crippen LogP contribution >= 0.6 is 11.3 Å². The molecule has 0 radical (unpaired) electrons. The van der Waals surface area contributed by atoms with E-state index in [1.807, 2.05) is 0 Å². The third-order valence-corrected chi connectivity index (χ3v) is 3.31. The van der Waals surface area contributed by atoms with Gasteiger partial charge in [-0.25, -0.2) is 9.88 Å². The predicted molar refractivity (Wildman–Crippen MR) is 64.1 cm³/mol. The number of hydrogen-bond acceptors (Lipinski definition) is 5. The zero-order chi connectivity index (χ0) is 12.0. The molecular formula is C11H7N3O2S. The van der Waals surface area contributed by atoms with E-state index in [0.29, 0.717) is 16.4 Å². The summed E-state index contributed by atoms with van der Waals surface area (Å²) >= 11 is 1.24. The molecule has 1 aromatic carbocycles. The lowest BCUT2D eigenvalue weighted by atomic mass is 10.1. The number of nitrogen functional groups attached to an aromatic ring is 1. The number of anilines is 2. The molecule has 5 nitrogen and oxygen atoms in total. The summed E-state index contributed by atoms with van der Waals surface area (Å²) in [5.41, 5.74) is 6.65. The average molecular weight is 245 g/mol. The molecule has 3 rings (SSSR count). The van der Waals surface area contributed by atoms with Crippen LogP contribution in [0.3, 0.4) is 0 Å². The van der Waals surface area contributed by atoms with Gasteiger partial charge in [0.25, 0.3) is 11.8 Å². The first-order valence-corrected chi connectivity index (χ1v) is 5.75. The Kier molecular flexibility index (Phi) is 1.99. The van der Waals surface area contributed by atoms with Crippen LogP contribution in [0, 0.1) is 0 Å². The number of carbonyl (C=O) groups is 2. The molecule has 1 aromatic heterocycles. The Hall–Kier alpha value is -2.21. The van der Waals surface area contributed by atoms with E-state index in [9.17, 15) is 9.59 Å². The average Bonchev–Trinajstić information content (AvgIpc) is 2.88. The van der Waals surface area contributed by atoms with Gasteiger partial charge in [0.1, 0.15) is 0 Å². The summed E-state index contributed by atoms with van der Waals surface area (Å²) in [6.45, 7) is 0. The van der Waals surface area contributed by atoms with Crippen molar-refractivity contribution in [2.75, 3.05) is 10.6 Å². The van der Waals surface area contributed by atoms with Crippen molar-refractivity contribution in [1.29, 1.82) is 0 Å². The highest BCUT2D eigenvalue weighted by atomic mass is 32.1. The van der Waals surface area contributed by atoms with Gasteiger partial charge in [-0.05, 0) is 12.1 Å². The minimum absolute atomic E-state index is 0.271. The molecule has 0 unspecified atom stereocenters. The van der Waals surface area contributed by atoms with Gasteiger partial charge < -0.3 is 5.73 Å². The van der Waals surface area contributed by atoms with Crippen LogP contribution in [0.1, 0.15) is 20.7 Å². The number of amides is 2. The zero-order valence-electron chi connectivity index (χ0n) is 8.58. The monoisotopic (exact) mass is 245 g/mol. The standard InChI is InChI=1S/C11H7N3O2S/c12-7-3-1-2-6-8(7)10(16)14(9(6)15)11-13-4-5-17-11/h1-5H,12H2. The second-order valence-corrected chi connectivity index (χ2v) is 4.40. The third-order valence-electron chi connectivity index (χ3n) is 2.56. The number of aromatic nitrogens is 1. The summed E-state index contributed by atoms with van der Waals surface area (Å²) in [6.07, 6.45) is 1.55. The Morgan fingerprint density at radius 2 is 2.06 bits per heavy atom. The molecule has 2 heterocycles. The highest BCUT2D eigenvalue weighted by Crippen LogP contribution is 2.32. The van der Waals surface area contributed by atoms with Crippen LogP contribution in [0.25, 0.3) is 0 Å². The van der Waals surface area contributed by atoms with E-state index in [2.05, 4.69) is 4.98 Å². The molecule has 2 aromatic rings. The summed E-state index contributed by atoms with van der Waals surface area (Å²) in [7, 11) is 0. The summed E-state index contributed by atoms with van der Waals surface area (Å²) in [5.74, 6) is -0.773. The van der Waals surface area contributed by atoms with Gasteiger partial charge in [0.2, 0.25) is 0 Å². The molecule has 84 valence electrons. The Labute approximate surface area is 100 Å².